The third-order valence-corrected chi connectivity index (χ3v) is 6.36. The number of H-pyrrole nitrogens is 1. The van der Waals surface area contributed by atoms with Crippen molar-refractivity contribution in [3.05, 3.63) is 65.3 Å². The van der Waals surface area contributed by atoms with Crippen LogP contribution >= 0.6 is 11.6 Å². The molecule has 2 aromatic carbocycles. The van der Waals surface area contributed by atoms with E-state index < -0.39 is 27.9 Å². The van der Waals surface area contributed by atoms with E-state index in [1.54, 1.807) is 26.1 Å². The van der Waals surface area contributed by atoms with Crippen LogP contribution in [0, 0.1) is 5.92 Å². The lowest BCUT2D eigenvalue weighted by Gasteiger charge is -2.21. The summed E-state index contributed by atoms with van der Waals surface area (Å²) >= 11 is 5.87. The first-order valence-electron chi connectivity index (χ1n) is 9.59. The van der Waals surface area contributed by atoms with Gasteiger partial charge in [0.15, 0.2) is 0 Å². The number of hydrogen-bond acceptors (Lipinski definition) is 4. The Morgan fingerprint density at radius 2 is 1.81 bits per heavy atom. The molecule has 0 radical (unpaired) electrons. The van der Waals surface area contributed by atoms with Gasteiger partial charge in [-0.25, -0.2) is 8.42 Å². The molecule has 31 heavy (non-hydrogen) atoms. The number of carbonyl (C=O) groups excluding carboxylic acids is 2. The number of sulfonamides is 1. The van der Waals surface area contributed by atoms with Gasteiger partial charge >= 0.3 is 0 Å². The molecule has 3 rings (SSSR count). The van der Waals surface area contributed by atoms with E-state index in [2.05, 4.69) is 20.6 Å². The number of halogens is 1. The average molecular weight is 463 g/mol. The maximum absolute atomic E-state index is 12.6. The van der Waals surface area contributed by atoms with Crippen LogP contribution in [0.2, 0.25) is 5.02 Å². The number of benzene rings is 2. The fourth-order valence-corrected chi connectivity index (χ4v) is 4.71. The smallest absolute Gasteiger partial charge is 0.256 e. The van der Waals surface area contributed by atoms with Crippen LogP contribution in [0.15, 0.2) is 59.6 Å². The molecular formula is C21H23ClN4O4S. The van der Waals surface area contributed by atoms with Crippen molar-refractivity contribution in [2.45, 2.75) is 31.2 Å². The van der Waals surface area contributed by atoms with Crippen molar-refractivity contribution in [3.8, 4) is 0 Å². The predicted molar refractivity (Wildman–Crippen MR) is 119 cm³/mol. The minimum Gasteiger partial charge on any atom is -0.361 e. The summed E-state index contributed by atoms with van der Waals surface area (Å²) in [5.41, 5.74) is 6.34. The molecule has 0 saturated carbocycles. The molecule has 0 saturated heterocycles. The molecule has 1 atom stereocenters. The molecule has 0 spiro atoms. The van der Waals surface area contributed by atoms with E-state index in [-0.39, 0.29) is 22.3 Å². The van der Waals surface area contributed by atoms with Crippen molar-refractivity contribution in [1.82, 2.24) is 20.6 Å². The molecule has 3 aromatic rings. The molecule has 8 nitrogen and oxygen atoms in total. The molecule has 0 aliphatic carbocycles. The first-order valence-corrected chi connectivity index (χ1v) is 11.4. The zero-order valence-corrected chi connectivity index (χ0v) is 18.5. The summed E-state index contributed by atoms with van der Waals surface area (Å²) in [7, 11) is -3.99. The van der Waals surface area contributed by atoms with Gasteiger partial charge < -0.3 is 4.98 Å². The predicted octanol–water partition coefficient (Wildman–Crippen LogP) is 2.51. The SMILES string of the molecule is CC(C)[C@@H](NS(=O)(=O)c1cccc(Cl)c1)C(=O)NNC(=O)Cc1c[nH]c2ccccc12. The highest BCUT2D eigenvalue weighted by Crippen LogP contribution is 2.18. The highest BCUT2D eigenvalue weighted by Gasteiger charge is 2.28. The van der Waals surface area contributed by atoms with Crippen molar-refractivity contribution in [2.24, 2.45) is 5.92 Å². The second-order valence-electron chi connectivity index (χ2n) is 7.37. The maximum atomic E-state index is 12.6. The summed E-state index contributed by atoms with van der Waals surface area (Å²) in [6, 6.07) is 12.2. The van der Waals surface area contributed by atoms with Crippen LogP contribution in [0.1, 0.15) is 19.4 Å². The molecule has 0 unspecified atom stereocenters. The number of para-hydroxylation sites is 1. The number of fused-ring (bicyclic) bond motifs is 1. The summed E-state index contributed by atoms with van der Waals surface area (Å²) in [4.78, 5) is 27.9. The zero-order valence-electron chi connectivity index (χ0n) is 17.0. The minimum atomic E-state index is -3.99. The minimum absolute atomic E-state index is 0.0465. The third-order valence-electron chi connectivity index (χ3n) is 4.69. The van der Waals surface area contributed by atoms with E-state index in [0.717, 1.165) is 16.5 Å². The number of carbonyl (C=O) groups is 2. The third kappa shape index (κ3) is 5.63. The van der Waals surface area contributed by atoms with Crippen LogP contribution in [0.5, 0.6) is 0 Å². The molecule has 1 aromatic heterocycles. The molecule has 0 fully saturated rings. The van der Waals surface area contributed by atoms with Gasteiger partial charge in [0.25, 0.3) is 5.91 Å². The number of aromatic amines is 1. The Balaban J connectivity index is 1.63. The van der Waals surface area contributed by atoms with E-state index in [4.69, 9.17) is 11.6 Å². The van der Waals surface area contributed by atoms with Gasteiger partial charge in [-0.15, -0.1) is 0 Å². The summed E-state index contributed by atoms with van der Waals surface area (Å²) in [5.74, 6) is -1.48. The van der Waals surface area contributed by atoms with Crippen molar-refractivity contribution in [1.29, 1.82) is 0 Å². The Morgan fingerprint density at radius 3 is 2.52 bits per heavy atom. The Kier molecular flexibility index (Phi) is 6.99. The van der Waals surface area contributed by atoms with E-state index in [0.29, 0.717) is 0 Å². The molecule has 1 heterocycles. The van der Waals surface area contributed by atoms with Gasteiger partial charge in [0.05, 0.1) is 11.3 Å². The maximum Gasteiger partial charge on any atom is 0.256 e. The molecule has 0 bridgehead atoms. The normalized spacial score (nSPS) is 12.6. The van der Waals surface area contributed by atoms with Crippen LogP contribution in [0.3, 0.4) is 0 Å². The second kappa shape index (κ2) is 9.51. The molecular weight excluding hydrogens is 440 g/mol. The van der Waals surface area contributed by atoms with Crippen molar-refractivity contribution in [3.63, 3.8) is 0 Å². The summed E-state index contributed by atoms with van der Waals surface area (Å²) in [5, 5.41) is 1.18. The van der Waals surface area contributed by atoms with Gasteiger partial charge in [-0.1, -0.05) is 49.7 Å². The van der Waals surface area contributed by atoms with Crippen LogP contribution < -0.4 is 15.6 Å². The molecule has 10 heteroatoms. The number of amides is 2. The highest BCUT2D eigenvalue weighted by molar-refractivity contribution is 7.89. The molecule has 164 valence electrons. The Hall–Kier alpha value is -2.88. The van der Waals surface area contributed by atoms with Crippen molar-refractivity contribution < 1.29 is 18.0 Å². The Bertz CT molecular complexity index is 1210. The number of hydrogen-bond donors (Lipinski definition) is 4. The summed E-state index contributed by atoms with van der Waals surface area (Å²) < 4.78 is 27.6. The van der Waals surface area contributed by atoms with Gasteiger partial charge in [-0.3, -0.25) is 20.4 Å². The van der Waals surface area contributed by atoms with Crippen LogP contribution in [-0.2, 0) is 26.0 Å². The van der Waals surface area contributed by atoms with E-state index in [1.165, 1.54) is 18.2 Å². The number of nitrogens with one attached hydrogen (secondary N) is 4. The number of aromatic nitrogens is 1. The largest absolute Gasteiger partial charge is 0.361 e. The highest BCUT2D eigenvalue weighted by atomic mass is 35.5. The van der Waals surface area contributed by atoms with Gasteiger partial charge in [0.2, 0.25) is 15.9 Å². The van der Waals surface area contributed by atoms with Gasteiger partial charge in [-0.05, 0) is 35.7 Å². The Morgan fingerprint density at radius 1 is 1.06 bits per heavy atom. The first kappa shape index (κ1) is 22.8. The molecule has 2 amide bonds. The topological polar surface area (TPSA) is 120 Å². The molecule has 0 aliphatic heterocycles. The molecule has 0 aliphatic rings. The zero-order chi connectivity index (χ0) is 22.6. The lowest BCUT2D eigenvalue weighted by molar-refractivity contribution is -0.130. The first-order chi connectivity index (χ1) is 14.7. The summed E-state index contributed by atoms with van der Waals surface area (Å²) in [6.45, 7) is 3.39. The van der Waals surface area contributed by atoms with Crippen LogP contribution in [0.4, 0.5) is 0 Å². The van der Waals surface area contributed by atoms with Gasteiger partial charge in [0, 0.05) is 22.1 Å². The van der Waals surface area contributed by atoms with E-state index in [9.17, 15) is 18.0 Å². The van der Waals surface area contributed by atoms with Crippen molar-refractivity contribution in [2.75, 3.05) is 0 Å². The number of rotatable bonds is 7. The second-order valence-corrected chi connectivity index (χ2v) is 9.52. The lowest BCUT2D eigenvalue weighted by Crippen LogP contribution is -2.54. The standard InChI is InChI=1S/C21H23ClN4O4S/c1-13(2)20(26-31(29,30)16-7-5-6-15(22)11-16)21(28)25-24-19(27)10-14-12-23-18-9-4-3-8-17(14)18/h3-9,11-13,20,23,26H,10H2,1-2H3,(H,24,27)(H,25,28)/t20-/m1/s1. The number of hydrazine groups is 1. The van der Waals surface area contributed by atoms with Crippen molar-refractivity contribution >= 4 is 44.3 Å². The summed E-state index contributed by atoms with van der Waals surface area (Å²) in [6.07, 6.45) is 1.78. The van der Waals surface area contributed by atoms with Gasteiger partial charge in [0.1, 0.15) is 6.04 Å². The average Bonchev–Trinajstić information content (AvgIpc) is 3.13. The Labute approximate surface area is 185 Å². The fraction of sp³-hybridized carbons (Fsp3) is 0.238. The van der Waals surface area contributed by atoms with E-state index >= 15 is 0 Å². The van der Waals surface area contributed by atoms with Gasteiger partial charge in [-0.2, -0.15) is 4.72 Å². The quantitative estimate of drug-likeness (QED) is 0.403. The molecule has 4 N–H and O–H groups in total. The van der Waals surface area contributed by atoms with Crippen LogP contribution in [-0.4, -0.2) is 31.3 Å². The lowest BCUT2D eigenvalue weighted by atomic mass is 10.1. The van der Waals surface area contributed by atoms with E-state index in [1.807, 2.05) is 24.3 Å². The van der Waals surface area contributed by atoms with Crippen LogP contribution in [0.25, 0.3) is 10.9 Å². The monoisotopic (exact) mass is 462 g/mol. The fourth-order valence-electron chi connectivity index (χ4n) is 3.07.